The highest BCUT2D eigenvalue weighted by Crippen LogP contribution is 2.22. The van der Waals surface area contributed by atoms with E-state index in [9.17, 15) is 9.59 Å². The van der Waals surface area contributed by atoms with Crippen LogP contribution in [0.2, 0.25) is 0 Å². The van der Waals surface area contributed by atoms with Crippen LogP contribution >= 0.6 is 0 Å². The zero-order valence-corrected chi connectivity index (χ0v) is 15.8. The molecule has 4 aromatic rings. The van der Waals surface area contributed by atoms with Crippen LogP contribution in [-0.2, 0) is 20.1 Å². The summed E-state index contributed by atoms with van der Waals surface area (Å²) in [5.74, 6) is 1.40. The van der Waals surface area contributed by atoms with Crippen molar-refractivity contribution < 1.29 is 4.42 Å². The standard InChI is InChI=1S/C19H21N5O3/c1-11(2)9-23-17(25)15-16(21(5)19(23)26)20-18-22(10-14-7-6-8-27-14)12(3)13(4)24(15)18/h6-8H,1,9-10H2,2-5H3. The molecule has 0 aliphatic heterocycles. The average Bonchev–Trinajstić information content (AvgIpc) is 3.31. The molecule has 0 bridgehead atoms. The van der Waals surface area contributed by atoms with Crippen molar-refractivity contribution in [2.24, 2.45) is 7.05 Å². The second-order valence-electron chi connectivity index (χ2n) is 6.95. The van der Waals surface area contributed by atoms with Gasteiger partial charge in [-0.2, -0.15) is 4.98 Å². The number of hydrogen-bond donors (Lipinski definition) is 0. The fraction of sp³-hybridized carbons (Fsp3) is 0.316. The van der Waals surface area contributed by atoms with Crippen molar-refractivity contribution in [1.29, 1.82) is 0 Å². The predicted molar refractivity (Wildman–Crippen MR) is 102 cm³/mol. The van der Waals surface area contributed by atoms with E-state index in [4.69, 9.17) is 4.42 Å². The van der Waals surface area contributed by atoms with Crippen LogP contribution in [0.5, 0.6) is 0 Å². The second kappa shape index (κ2) is 5.87. The quantitative estimate of drug-likeness (QED) is 0.517. The van der Waals surface area contributed by atoms with Crippen molar-refractivity contribution in [3.05, 3.63) is 68.5 Å². The fourth-order valence-corrected chi connectivity index (χ4v) is 3.47. The Morgan fingerprint density at radius 3 is 2.59 bits per heavy atom. The van der Waals surface area contributed by atoms with E-state index in [1.807, 2.05) is 34.9 Å². The van der Waals surface area contributed by atoms with Crippen molar-refractivity contribution in [3.8, 4) is 0 Å². The minimum Gasteiger partial charge on any atom is -0.467 e. The lowest BCUT2D eigenvalue weighted by molar-refractivity contribution is 0.494. The van der Waals surface area contributed by atoms with Crippen molar-refractivity contribution in [2.45, 2.75) is 33.9 Å². The molecule has 8 heteroatoms. The maximum Gasteiger partial charge on any atom is 0.332 e. The zero-order chi connectivity index (χ0) is 19.5. The van der Waals surface area contributed by atoms with Crippen LogP contribution in [0.3, 0.4) is 0 Å². The molecule has 27 heavy (non-hydrogen) atoms. The predicted octanol–water partition coefficient (Wildman–Crippen LogP) is 1.98. The largest absolute Gasteiger partial charge is 0.467 e. The first-order valence-corrected chi connectivity index (χ1v) is 8.65. The number of furan rings is 1. The number of hydrogen-bond acceptors (Lipinski definition) is 4. The molecule has 0 spiro atoms. The molecule has 0 aliphatic carbocycles. The maximum atomic E-state index is 13.1. The maximum absolute atomic E-state index is 13.1. The normalized spacial score (nSPS) is 11.7. The Morgan fingerprint density at radius 1 is 1.22 bits per heavy atom. The summed E-state index contributed by atoms with van der Waals surface area (Å²) in [7, 11) is 1.63. The third-order valence-electron chi connectivity index (χ3n) is 4.95. The molecule has 0 saturated carbocycles. The van der Waals surface area contributed by atoms with Gasteiger partial charge >= 0.3 is 5.69 Å². The smallest absolute Gasteiger partial charge is 0.332 e. The van der Waals surface area contributed by atoms with Crippen LogP contribution in [0.15, 0.2) is 44.6 Å². The van der Waals surface area contributed by atoms with Crippen LogP contribution < -0.4 is 11.2 Å². The minimum absolute atomic E-state index is 0.180. The summed E-state index contributed by atoms with van der Waals surface area (Å²) in [6.07, 6.45) is 1.63. The van der Waals surface area contributed by atoms with E-state index in [0.29, 0.717) is 23.5 Å². The van der Waals surface area contributed by atoms with E-state index in [1.165, 1.54) is 9.13 Å². The summed E-state index contributed by atoms with van der Waals surface area (Å²) in [4.78, 5) is 30.4. The highest BCUT2D eigenvalue weighted by Gasteiger charge is 2.22. The van der Waals surface area contributed by atoms with E-state index < -0.39 is 5.69 Å². The molecule has 0 aromatic carbocycles. The average molecular weight is 367 g/mol. The Kier molecular flexibility index (Phi) is 3.73. The van der Waals surface area contributed by atoms with Gasteiger partial charge in [-0.05, 0) is 32.9 Å². The summed E-state index contributed by atoms with van der Waals surface area (Å²) in [5.41, 5.74) is 2.62. The van der Waals surface area contributed by atoms with Gasteiger partial charge in [-0.1, -0.05) is 12.2 Å². The lowest BCUT2D eigenvalue weighted by atomic mass is 10.3. The van der Waals surface area contributed by atoms with Crippen LogP contribution in [0, 0.1) is 13.8 Å². The summed E-state index contributed by atoms with van der Waals surface area (Å²) < 4.78 is 11.9. The van der Waals surface area contributed by atoms with E-state index >= 15 is 0 Å². The summed E-state index contributed by atoms with van der Waals surface area (Å²) in [6.45, 7) is 10.2. The molecule has 4 aromatic heterocycles. The first-order chi connectivity index (χ1) is 12.8. The van der Waals surface area contributed by atoms with Gasteiger partial charge in [-0.15, -0.1) is 0 Å². The van der Waals surface area contributed by atoms with Crippen molar-refractivity contribution >= 4 is 16.9 Å². The molecule has 0 fully saturated rings. The number of nitrogens with zero attached hydrogens (tertiary/aromatic N) is 5. The summed E-state index contributed by atoms with van der Waals surface area (Å²) in [5, 5.41) is 0. The molecule has 8 nitrogen and oxygen atoms in total. The highest BCUT2D eigenvalue weighted by molar-refractivity contribution is 5.76. The van der Waals surface area contributed by atoms with Gasteiger partial charge in [-0.25, -0.2) is 4.79 Å². The third kappa shape index (κ3) is 2.40. The monoisotopic (exact) mass is 367 g/mol. The van der Waals surface area contributed by atoms with Crippen LogP contribution in [0.4, 0.5) is 0 Å². The van der Waals surface area contributed by atoms with Gasteiger partial charge in [0.15, 0.2) is 11.2 Å². The Balaban J connectivity index is 2.10. The van der Waals surface area contributed by atoms with Gasteiger partial charge in [0.1, 0.15) is 5.76 Å². The molecule has 0 N–H and O–H groups in total. The third-order valence-corrected chi connectivity index (χ3v) is 4.95. The first-order valence-electron chi connectivity index (χ1n) is 8.65. The molecule has 0 aliphatic rings. The summed E-state index contributed by atoms with van der Waals surface area (Å²) >= 11 is 0. The van der Waals surface area contributed by atoms with Crippen molar-refractivity contribution in [2.75, 3.05) is 0 Å². The molecule has 4 rings (SSSR count). The number of imidazole rings is 2. The van der Waals surface area contributed by atoms with Gasteiger partial charge in [0.25, 0.3) is 5.56 Å². The van der Waals surface area contributed by atoms with Crippen molar-refractivity contribution in [3.63, 3.8) is 0 Å². The lowest BCUT2D eigenvalue weighted by Gasteiger charge is -2.08. The topological polar surface area (TPSA) is 79.4 Å². The number of rotatable bonds is 4. The molecule has 0 unspecified atom stereocenters. The van der Waals surface area contributed by atoms with Gasteiger partial charge in [0.2, 0.25) is 5.78 Å². The van der Waals surface area contributed by atoms with Crippen LogP contribution in [0.1, 0.15) is 24.1 Å². The number of aromatic nitrogens is 5. The Labute approximate surface area is 154 Å². The molecule has 0 saturated heterocycles. The highest BCUT2D eigenvalue weighted by atomic mass is 16.3. The molecule has 0 amide bonds. The lowest BCUT2D eigenvalue weighted by Crippen LogP contribution is -2.39. The van der Waals surface area contributed by atoms with E-state index in [1.54, 1.807) is 20.2 Å². The van der Waals surface area contributed by atoms with E-state index in [2.05, 4.69) is 11.6 Å². The van der Waals surface area contributed by atoms with Gasteiger partial charge in [-0.3, -0.25) is 18.3 Å². The Hall–Kier alpha value is -3.29. The van der Waals surface area contributed by atoms with E-state index in [-0.39, 0.29) is 12.1 Å². The Bertz CT molecular complexity index is 1310. The molecule has 0 radical (unpaired) electrons. The van der Waals surface area contributed by atoms with Crippen LogP contribution in [0.25, 0.3) is 16.9 Å². The van der Waals surface area contributed by atoms with Crippen LogP contribution in [-0.4, -0.2) is 23.1 Å². The summed E-state index contributed by atoms with van der Waals surface area (Å²) in [6, 6.07) is 3.73. The Morgan fingerprint density at radius 2 is 1.96 bits per heavy atom. The van der Waals surface area contributed by atoms with Gasteiger partial charge < -0.3 is 8.98 Å². The molecule has 140 valence electrons. The second-order valence-corrected chi connectivity index (χ2v) is 6.95. The number of fused-ring (bicyclic) bond motifs is 3. The van der Waals surface area contributed by atoms with Crippen molar-refractivity contribution in [1.82, 2.24) is 23.1 Å². The number of aryl methyl sites for hydroxylation is 2. The molecule has 4 heterocycles. The molecular weight excluding hydrogens is 346 g/mol. The zero-order valence-electron chi connectivity index (χ0n) is 15.8. The fourth-order valence-electron chi connectivity index (χ4n) is 3.47. The first kappa shape index (κ1) is 17.1. The molecule has 0 atom stereocenters. The molecular formula is C19H21N5O3. The SMILES string of the molecule is C=C(C)Cn1c(=O)c2c(nc3n(Cc4ccco4)c(C)c(C)n23)n(C)c1=O. The minimum atomic E-state index is -0.400. The van der Waals surface area contributed by atoms with E-state index in [0.717, 1.165) is 22.7 Å². The van der Waals surface area contributed by atoms with Gasteiger partial charge in [0.05, 0.1) is 19.4 Å². The number of allylic oxidation sites excluding steroid dienone is 1. The van der Waals surface area contributed by atoms with Gasteiger partial charge in [0, 0.05) is 18.4 Å².